The molecule has 0 amide bonds. The van der Waals surface area contributed by atoms with Gasteiger partial charge in [0.2, 0.25) is 0 Å². The van der Waals surface area contributed by atoms with Crippen LogP contribution < -0.4 is 10.4 Å². The lowest BCUT2D eigenvalue weighted by atomic mass is 10.1. The van der Waals surface area contributed by atoms with E-state index in [9.17, 15) is 9.90 Å². The largest absolute Gasteiger partial charge is 0.463 e. The molecule has 2 atom stereocenters. The number of hydrogen-bond donors (Lipinski definition) is 1. The molecular formula is C25H32O4Si. The van der Waals surface area contributed by atoms with E-state index in [-0.39, 0.29) is 23.7 Å². The molecule has 1 heterocycles. The predicted octanol–water partition coefficient (Wildman–Crippen LogP) is 3.58. The van der Waals surface area contributed by atoms with Crippen LogP contribution in [0.3, 0.4) is 0 Å². The third-order valence-corrected chi connectivity index (χ3v) is 10.6. The first-order valence-electron chi connectivity index (χ1n) is 10.6. The van der Waals surface area contributed by atoms with Gasteiger partial charge in [0, 0.05) is 12.8 Å². The number of benzene rings is 2. The number of carbonyl (C=O) groups is 1. The van der Waals surface area contributed by atoms with Crippen molar-refractivity contribution in [1.29, 1.82) is 0 Å². The van der Waals surface area contributed by atoms with E-state index in [0.29, 0.717) is 19.3 Å². The van der Waals surface area contributed by atoms with Crippen LogP contribution in [0.2, 0.25) is 5.04 Å². The van der Waals surface area contributed by atoms with Gasteiger partial charge < -0.3 is 14.3 Å². The molecule has 2 aromatic carbocycles. The second kappa shape index (κ2) is 9.73. The lowest BCUT2D eigenvalue weighted by Gasteiger charge is -2.45. The van der Waals surface area contributed by atoms with Gasteiger partial charge in [-0.2, -0.15) is 0 Å². The van der Waals surface area contributed by atoms with Crippen molar-refractivity contribution in [3.63, 3.8) is 0 Å². The quantitative estimate of drug-likeness (QED) is 0.463. The highest BCUT2D eigenvalue weighted by Gasteiger charge is 2.51. The molecule has 0 radical (unpaired) electrons. The van der Waals surface area contributed by atoms with Crippen molar-refractivity contribution in [2.24, 2.45) is 0 Å². The number of allylic oxidation sites excluding steroid dienone is 1. The molecule has 30 heavy (non-hydrogen) atoms. The number of hydrogen-bond acceptors (Lipinski definition) is 4. The monoisotopic (exact) mass is 424 g/mol. The number of rotatable bonds is 4. The SMILES string of the molecule is CC(C)(C)[Si](O[C@@H]1/C=C/CCC(=O)OC[C@@H](O)C1)(c1ccccc1)c1ccccc1. The molecule has 0 aromatic heterocycles. The summed E-state index contributed by atoms with van der Waals surface area (Å²) in [7, 11) is -2.72. The summed E-state index contributed by atoms with van der Waals surface area (Å²) >= 11 is 0. The summed E-state index contributed by atoms with van der Waals surface area (Å²) in [4.78, 5) is 11.7. The Morgan fingerprint density at radius 1 is 1.00 bits per heavy atom. The van der Waals surface area contributed by atoms with Crippen LogP contribution in [0.5, 0.6) is 0 Å². The average Bonchev–Trinajstić information content (AvgIpc) is 2.73. The predicted molar refractivity (Wildman–Crippen MR) is 122 cm³/mol. The van der Waals surface area contributed by atoms with Crippen molar-refractivity contribution in [3.05, 3.63) is 72.8 Å². The van der Waals surface area contributed by atoms with Crippen molar-refractivity contribution in [2.75, 3.05) is 6.61 Å². The van der Waals surface area contributed by atoms with Crippen LogP contribution in [0.1, 0.15) is 40.0 Å². The number of aliphatic hydroxyl groups is 1. The van der Waals surface area contributed by atoms with Crippen LogP contribution >= 0.6 is 0 Å². The summed E-state index contributed by atoms with van der Waals surface area (Å²) in [5, 5.41) is 12.7. The molecule has 1 aliphatic heterocycles. The molecule has 0 bridgehead atoms. The smallest absolute Gasteiger partial charge is 0.306 e. The van der Waals surface area contributed by atoms with Crippen LogP contribution in [0.4, 0.5) is 0 Å². The van der Waals surface area contributed by atoms with E-state index in [1.807, 2.05) is 24.3 Å². The second-order valence-corrected chi connectivity index (χ2v) is 13.1. The Hall–Kier alpha value is -2.21. The molecule has 160 valence electrons. The van der Waals surface area contributed by atoms with E-state index in [2.05, 4.69) is 69.3 Å². The molecule has 4 nitrogen and oxygen atoms in total. The van der Waals surface area contributed by atoms with Gasteiger partial charge in [0.05, 0.1) is 12.2 Å². The minimum absolute atomic E-state index is 0.00722. The third-order valence-electron chi connectivity index (χ3n) is 5.55. The Kier molecular flexibility index (Phi) is 7.29. The van der Waals surface area contributed by atoms with E-state index in [1.165, 1.54) is 10.4 Å². The minimum atomic E-state index is -2.72. The van der Waals surface area contributed by atoms with Crippen LogP contribution in [0.25, 0.3) is 0 Å². The van der Waals surface area contributed by atoms with Crippen LogP contribution in [-0.4, -0.2) is 38.2 Å². The number of esters is 1. The third kappa shape index (κ3) is 5.09. The van der Waals surface area contributed by atoms with Crippen molar-refractivity contribution in [3.8, 4) is 0 Å². The van der Waals surface area contributed by atoms with Crippen LogP contribution in [0, 0.1) is 0 Å². The Balaban J connectivity index is 2.08. The lowest BCUT2D eigenvalue weighted by Crippen LogP contribution is -2.67. The Morgan fingerprint density at radius 2 is 1.57 bits per heavy atom. The summed E-state index contributed by atoms with van der Waals surface area (Å²) in [5.41, 5.74) is 0. The summed E-state index contributed by atoms with van der Waals surface area (Å²) in [6, 6.07) is 20.9. The highest BCUT2D eigenvalue weighted by Crippen LogP contribution is 2.38. The number of ether oxygens (including phenoxy) is 1. The van der Waals surface area contributed by atoms with E-state index < -0.39 is 14.4 Å². The number of cyclic esters (lactones) is 1. The van der Waals surface area contributed by atoms with E-state index in [4.69, 9.17) is 9.16 Å². The maximum absolute atomic E-state index is 11.7. The summed E-state index contributed by atoms with van der Waals surface area (Å²) in [5.74, 6) is -0.273. The Morgan fingerprint density at radius 3 is 2.10 bits per heavy atom. The van der Waals surface area contributed by atoms with Gasteiger partial charge in [0.15, 0.2) is 0 Å². The molecule has 0 saturated heterocycles. The molecule has 5 heteroatoms. The maximum atomic E-state index is 11.7. The molecular weight excluding hydrogens is 392 g/mol. The molecule has 3 rings (SSSR count). The normalized spacial score (nSPS) is 22.2. The van der Waals surface area contributed by atoms with Gasteiger partial charge >= 0.3 is 5.97 Å². The average molecular weight is 425 g/mol. The van der Waals surface area contributed by atoms with Crippen molar-refractivity contribution in [2.45, 2.75) is 57.3 Å². The first kappa shape index (κ1) is 22.5. The van der Waals surface area contributed by atoms with Crippen molar-refractivity contribution >= 4 is 24.7 Å². The fraction of sp³-hybridized carbons (Fsp3) is 0.400. The van der Waals surface area contributed by atoms with Crippen molar-refractivity contribution in [1.82, 2.24) is 0 Å². The van der Waals surface area contributed by atoms with Gasteiger partial charge in [-0.1, -0.05) is 93.6 Å². The number of aliphatic hydroxyl groups excluding tert-OH is 1. The zero-order valence-electron chi connectivity index (χ0n) is 18.1. The van der Waals surface area contributed by atoms with Gasteiger partial charge in [-0.25, -0.2) is 0 Å². The Bertz CT molecular complexity index is 803. The fourth-order valence-electron chi connectivity index (χ4n) is 4.13. The summed E-state index contributed by atoms with van der Waals surface area (Å²) in [6.45, 7) is 6.72. The van der Waals surface area contributed by atoms with Gasteiger partial charge in [0.1, 0.15) is 6.61 Å². The lowest BCUT2D eigenvalue weighted by molar-refractivity contribution is -0.147. The second-order valence-electron chi connectivity index (χ2n) is 8.86. The molecule has 0 aliphatic carbocycles. The van der Waals surface area contributed by atoms with Gasteiger partial charge in [-0.05, 0) is 21.8 Å². The van der Waals surface area contributed by atoms with Crippen LogP contribution in [0.15, 0.2) is 72.8 Å². The van der Waals surface area contributed by atoms with Crippen molar-refractivity contribution < 1.29 is 19.1 Å². The topological polar surface area (TPSA) is 55.8 Å². The van der Waals surface area contributed by atoms with E-state index in [1.54, 1.807) is 0 Å². The minimum Gasteiger partial charge on any atom is -0.463 e. The molecule has 0 fully saturated rings. The first-order valence-corrected chi connectivity index (χ1v) is 12.5. The molecule has 1 aliphatic rings. The maximum Gasteiger partial charge on any atom is 0.306 e. The zero-order chi connectivity index (χ0) is 21.6. The number of carbonyl (C=O) groups excluding carboxylic acids is 1. The first-order chi connectivity index (χ1) is 14.3. The molecule has 0 spiro atoms. The van der Waals surface area contributed by atoms with Gasteiger partial charge in [0.25, 0.3) is 8.32 Å². The summed E-state index contributed by atoms with van der Waals surface area (Å²) in [6.07, 6.45) is 4.25. The van der Waals surface area contributed by atoms with Gasteiger partial charge in [-0.15, -0.1) is 0 Å². The van der Waals surface area contributed by atoms with Crippen LogP contribution in [-0.2, 0) is 14.0 Å². The standard InChI is InChI=1S/C25H32O4Si/c1-25(2,3)30(22-13-6-4-7-14-22,23-15-8-5-9-16-23)29-21-12-10-11-17-24(27)28-19-20(26)18-21/h4-10,12-16,20-21,26H,11,17-19H2,1-3H3/b12-10+/t20-,21+/m0/s1. The molecule has 0 saturated carbocycles. The zero-order valence-corrected chi connectivity index (χ0v) is 19.1. The molecule has 1 N–H and O–H groups in total. The Labute approximate surface area is 180 Å². The highest BCUT2D eigenvalue weighted by molar-refractivity contribution is 6.99. The van der Waals surface area contributed by atoms with E-state index >= 15 is 0 Å². The molecule has 0 unspecified atom stereocenters. The highest BCUT2D eigenvalue weighted by atomic mass is 28.4. The summed E-state index contributed by atoms with van der Waals surface area (Å²) < 4.78 is 12.3. The molecule has 2 aromatic rings. The fourth-order valence-corrected chi connectivity index (χ4v) is 8.77. The van der Waals surface area contributed by atoms with Gasteiger partial charge in [-0.3, -0.25) is 4.79 Å². The van der Waals surface area contributed by atoms with E-state index in [0.717, 1.165) is 0 Å².